The molecular weight excluding hydrogens is 387 g/mol. The first kappa shape index (κ1) is 19.8. The lowest BCUT2D eigenvalue weighted by Gasteiger charge is -2.36. The zero-order valence-corrected chi connectivity index (χ0v) is 16.6. The first-order valence-corrected chi connectivity index (χ1v) is 9.69. The third-order valence-corrected chi connectivity index (χ3v) is 4.98. The summed E-state index contributed by atoms with van der Waals surface area (Å²) in [5.41, 5.74) is 1.64. The summed E-state index contributed by atoms with van der Waals surface area (Å²) in [5.74, 6) is 0.354. The van der Waals surface area contributed by atoms with Crippen LogP contribution in [-0.4, -0.2) is 64.0 Å². The average Bonchev–Trinajstić information content (AvgIpc) is 3.27. The standard InChI is InChI=1S/C20H23FN8O/c1-22-19(30)15-2-3-16(18(21)26-15)29-10-8-28(9-11-29)13-14-4-5-23-17(12-14)27-20-24-6-7-25-20/h2-7,12H,8-11,13H2,1H3,(H,22,30)(H2,23,24,25,27). The number of pyridine rings is 2. The van der Waals surface area contributed by atoms with Gasteiger partial charge in [0.1, 0.15) is 11.5 Å². The normalized spacial score (nSPS) is 14.5. The van der Waals surface area contributed by atoms with Gasteiger partial charge in [0.25, 0.3) is 5.91 Å². The lowest BCUT2D eigenvalue weighted by Crippen LogP contribution is -2.46. The number of anilines is 3. The minimum absolute atomic E-state index is 0.0778. The van der Waals surface area contributed by atoms with Crippen molar-refractivity contribution in [2.75, 3.05) is 43.4 Å². The van der Waals surface area contributed by atoms with Gasteiger partial charge in [-0.2, -0.15) is 4.39 Å². The third-order valence-electron chi connectivity index (χ3n) is 4.98. The molecule has 30 heavy (non-hydrogen) atoms. The summed E-state index contributed by atoms with van der Waals surface area (Å²) in [6.07, 6.45) is 5.19. The Labute approximate surface area is 173 Å². The van der Waals surface area contributed by atoms with E-state index < -0.39 is 11.9 Å². The molecule has 3 N–H and O–H groups in total. The van der Waals surface area contributed by atoms with Crippen molar-refractivity contribution in [3.8, 4) is 0 Å². The van der Waals surface area contributed by atoms with Crippen LogP contribution in [0.3, 0.4) is 0 Å². The molecule has 1 amide bonds. The molecule has 4 heterocycles. The molecule has 0 unspecified atom stereocenters. The fourth-order valence-corrected chi connectivity index (χ4v) is 3.42. The Morgan fingerprint density at radius 3 is 2.70 bits per heavy atom. The van der Waals surface area contributed by atoms with Gasteiger partial charge in [0.15, 0.2) is 0 Å². The maximum absolute atomic E-state index is 14.4. The van der Waals surface area contributed by atoms with Crippen molar-refractivity contribution >= 4 is 23.4 Å². The number of halogens is 1. The highest BCUT2D eigenvalue weighted by molar-refractivity contribution is 5.92. The minimum atomic E-state index is -0.618. The van der Waals surface area contributed by atoms with Gasteiger partial charge in [0.2, 0.25) is 11.9 Å². The van der Waals surface area contributed by atoms with E-state index in [0.717, 1.165) is 31.0 Å². The molecule has 0 spiro atoms. The average molecular weight is 410 g/mol. The maximum atomic E-state index is 14.4. The number of aromatic amines is 1. The Bertz CT molecular complexity index is 1000. The van der Waals surface area contributed by atoms with Crippen LogP contribution in [0.1, 0.15) is 16.1 Å². The SMILES string of the molecule is CNC(=O)c1ccc(N2CCN(Cc3ccnc(Nc4ncc[nH]4)c3)CC2)c(F)n1. The second-order valence-corrected chi connectivity index (χ2v) is 6.96. The Balaban J connectivity index is 1.34. The lowest BCUT2D eigenvalue weighted by molar-refractivity contribution is 0.0957. The van der Waals surface area contributed by atoms with Crippen LogP contribution < -0.4 is 15.5 Å². The van der Waals surface area contributed by atoms with Crippen molar-refractivity contribution in [3.05, 3.63) is 60.1 Å². The van der Waals surface area contributed by atoms with Crippen molar-refractivity contribution in [3.63, 3.8) is 0 Å². The molecule has 0 radical (unpaired) electrons. The monoisotopic (exact) mass is 410 g/mol. The topological polar surface area (TPSA) is 102 Å². The van der Waals surface area contributed by atoms with Crippen LogP contribution in [-0.2, 0) is 6.54 Å². The predicted molar refractivity (Wildman–Crippen MR) is 111 cm³/mol. The molecule has 0 atom stereocenters. The maximum Gasteiger partial charge on any atom is 0.269 e. The molecule has 1 aliphatic heterocycles. The fraction of sp³-hybridized carbons (Fsp3) is 0.300. The zero-order chi connectivity index (χ0) is 20.9. The van der Waals surface area contributed by atoms with E-state index in [1.807, 2.05) is 17.0 Å². The number of H-pyrrole nitrogens is 1. The Morgan fingerprint density at radius 1 is 1.17 bits per heavy atom. The van der Waals surface area contributed by atoms with Gasteiger partial charge in [-0.3, -0.25) is 9.69 Å². The van der Waals surface area contributed by atoms with Crippen LogP contribution in [0.25, 0.3) is 0 Å². The van der Waals surface area contributed by atoms with Crippen LogP contribution in [0.5, 0.6) is 0 Å². The van der Waals surface area contributed by atoms with E-state index in [-0.39, 0.29) is 5.69 Å². The van der Waals surface area contributed by atoms with E-state index in [0.29, 0.717) is 24.7 Å². The van der Waals surface area contributed by atoms with Gasteiger partial charge in [0, 0.05) is 58.4 Å². The molecule has 0 aliphatic carbocycles. The fourth-order valence-electron chi connectivity index (χ4n) is 3.42. The van der Waals surface area contributed by atoms with Gasteiger partial charge in [0.05, 0.1) is 5.69 Å². The first-order chi connectivity index (χ1) is 14.6. The van der Waals surface area contributed by atoms with E-state index in [1.54, 1.807) is 30.7 Å². The van der Waals surface area contributed by atoms with Gasteiger partial charge in [-0.05, 0) is 29.8 Å². The van der Waals surface area contributed by atoms with E-state index in [1.165, 1.54) is 7.05 Å². The molecule has 1 saturated heterocycles. The highest BCUT2D eigenvalue weighted by Crippen LogP contribution is 2.21. The molecule has 10 heteroatoms. The molecule has 0 aromatic carbocycles. The highest BCUT2D eigenvalue weighted by Gasteiger charge is 2.21. The van der Waals surface area contributed by atoms with Crippen LogP contribution in [0.15, 0.2) is 42.9 Å². The number of carbonyl (C=O) groups excluding carboxylic acids is 1. The molecule has 9 nitrogen and oxygen atoms in total. The number of hydrogen-bond donors (Lipinski definition) is 3. The number of nitrogens with one attached hydrogen (secondary N) is 3. The van der Waals surface area contributed by atoms with Gasteiger partial charge >= 0.3 is 0 Å². The second kappa shape index (κ2) is 8.87. The number of amides is 1. The van der Waals surface area contributed by atoms with Gasteiger partial charge in [-0.25, -0.2) is 15.0 Å². The summed E-state index contributed by atoms with van der Waals surface area (Å²) in [7, 11) is 1.49. The zero-order valence-electron chi connectivity index (χ0n) is 16.6. The van der Waals surface area contributed by atoms with E-state index >= 15 is 0 Å². The van der Waals surface area contributed by atoms with E-state index in [4.69, 9.17) is 0 Å². The summed E-state index contributed by atoms with van der Waals surface area (Å²) in [6.45, 7) is 3.72. The third kappa shape index (κ3) is 4.54. The number of carbonyl (C=O) groups is 1. The number of aromatic nitrogens is 4. The Morgan fingerprint density at radius 2 is 2.00 bits per heavy atom. The van der Waals surface area contributed by atoms with Gasteiger partial charge < -0.3 is 20.5 Å². The Hall–Kier alpha value is -3.53. The first-order valence-electron chi connectivity index (χ1n) is 9.69. The largest absolute Gasteiger partial charge is 0.365 e. The van der Waals surface area contributed by atoms with Crippen LogP contribution in [0.4, 0.5) is 21.8 Å². The number of imidazole rings is 1. The van der Waals surface area contributed by atoms with Crippen molar-refractivity contribution in [2.24, 2.45) is 0 Å². The predicted octanol–water partition coefficient (Wildman–Crippen LogP) is 1.76. The number of piperazine rings is 1. The van der Waals surface area contributed by atoms with Gasteiger partial charge in [-0.1, -0.05) is 0 Å². The highest BCUT2D eigenvalue weighted by atomic mass is 19.1. The van der Waals surface area contributed by atoms with Crippen molar-refractivity contribution < 1.29 is 9.18 Å². The molecule has 1 aliphatic rings. The molecule has 4 rings (SSSR count). The van der Waals surface area contributed by atoms with Gasteiger partial charge in [-0.15, -0.1) is 0 Å². The molecule has 3 aromatic rings. The minimum Gasteiger partial charge on any atom is -0.365 e. The van der Waals surface area contributed by atoms with Crippen LogP contribution in [0.2, 0.25) is 0 Å². The summed E-state index contributed by atoms with van der Waals surface area (Å²) < 4.78 is 14.4. The summed E-state index contributed by atoms with van der Waals surface area (Å²) in [5, 5.41) is 5.58. The molecule has 1 fully saturated rings. The number of rotatable bonds is 6. The van der Waals surface area contributed by atoms with Crippen LogP contribution in [0, 0.1) is 5.95 Å². The summed E-state index contributed by atoms with van der Waals surface area (Å²) in [4.78, 5) is 31.1. The smallest absolute Gasteiger partial charge is 0.269 e. The van der Waals surface area contributed by atoms with Crippen molar-refractivity contribution in [1.82, 2.24) is 30.2 Å². The Kier molecular flexibility index (Phi) is 5.84. The van der Waals surface area contributed by atoms with E-state index in [2.05, 4.69) is 35.5 Å². The molecule has 3 aromatic heterocycles. The quantitative estimate of drug-likeness (QED) is 0.532. The van der Waals surface area contributed by atoms with E-state index in [9.17, 15) is 9.18 Å². The summed E-state index contributed by atoms with van der Waals surface area (Å²) >= 11 is 0. The molecule has 0 bridgehead atoms. The second-order valence-electron chi connectivity index (χ2n) is 6.96. The molecule has 156 valence electrons. The number of nitrogens with zero attached hydrogens (tertiary/aromatic N) is 5. The van der Waals surface area contributed by atoms with Crippen LogP contribution >= 0.6 is 0 Å². The van der Waals surface area contributed by atoms with Crippen molar-refractivity contribution in [2.45, 2.75) is 6.54 Å². The van der Waals surface area contributed by atoms with Crippen molar-refractivity contribution in [1.29, 1.82) is 0 Å². The molecular formula is C20H23FN8O. The number of hydrogen-bond acceptors (Lipinski definition) is 7. The lowest BCUT2D eigenvalue weighted by atomic mass is 10.2. The molecule has 0 saturated carbocycles. The summed E-state index contributed by atoms with van der Waals surface area (Å²) in [6, 6.07) is 7.16.